The maximum absolute atomic E-state index is 12.1. The van der Waals surface area contributed by atoms with Crippen molar-refractivity contribution in [2.24, 2.45) is 11.8 Å². The lowest BCUT2D eigenvalue weighted by atomic mass is 10.0. The fraction of sp³-hybridized carbons (Fsp3) is 1.00. The number of halogens is 1. The molecular weight excluding hydrogens is 316 g/mol. The van der Waals surface area contributed by atoms with Gasteiger partial charge in [0.1, 0.15) is 0 Å². The SMILES string of the molecule is CCC(CCBr)CNS(=O)(=O)N1CCC(C)CC1. The maximum Gasteiger partial charge on any atom is 0.279 e. The zero-order valence-electron chi connectivity index (χ0n) is 11.4. The van der Waals surface area contributed by atoms with E-state index >= 15 is 0 Å². The molecule has 0 aliphatic carbocycles. The summed E-state index contributed by atoms with van der Waals surface area (Å²) in [5.74, 6) is 1.07. The molecule has 1 saturated heterocycles. The summed E-state index contributed by atoms with van der Waals surface area (Å²) in [7, 11) is -3.26. The average molecular weight is 341 g/mol. The fourth-order valence-electron chi connectivity index (χ4n) is 2.14. The van der Waals surface area contributed by atoms with Gasteiger partial charge >= 0.3 is 0 Å². The molecule has 1 aliphatic heterocycles. The lowest BCUT2D eigenvalue weighted by Gasteiger charge is -2.30. The van der Waals surface area contributed by atoms with Gasteiger partial charge in [-0.15, -0.1) is 0 Å². The van der Waals surface area contributed by atoms with Crippen LogP contribution in [0.1, 0.15) is 39.5 Å². The Morgan fingerprint density at radius 1 is 1.39 bits per heavy atom. The normalized spacial score (nSPS) is 21.1. The molecule has 4 nitrogen and oxygen atoms in total. The van der Waals surface area contributed by atoms with Crippen molar-refractivity contribution in [1.82, 2.24) is 9.03 Å². The summed E-state index contributed by atoms with van der Waals surface area (Å²) < 4.78 is 28.6. The molecule has 108 valence electrons. The Balaban J connectivity index is 2.44. The number of hydrogen-bond acceptors (Lipinski definition) is 2. The monoisotopic (exact) mass is 340 g/mol. The minimum Gasteiger partial charge on any atom is -0.202 e. The van der Waals surface area contributed by atoms with E-state index in [-0.39, 0.29) is 0 Å². The third-order valence-corrected chi connectivity index (χ3v) is 5.77. The average Bonchev–Trinajstić information content (AvgIpc) is 2.35. The summed E-state index contributed by atoms with van der Waals surface area (Å²) in [4.78, 5) is 0. The first-order chi connectivity index (χ1) is 8.49. The summed E-state index contributed by atoms with van der Waals surface area (Å²) in [6, 6.07) is 0. The van der Waals surface area contributed by atoms with E-state index in [0.717, 1.165) is 31.0 Å². The van der Waals surface area contributed by atoms with Crippen molar-refractivity contribution in [3.05, 3.63) is 0 Å². The first-order valence-electron chi connectivity index (χ1n) is 6.80. The standard InChI is InChI=1S/C12H25BrN2O2S/c1-3-12(4-7-13)10-14-18(16,17)15-8-5-11(2)6-9-15/h11-12,14H,3-10H2,1-2H3. The van der Waals surface area contributed by atoms with Crippen LogP contribution in [-0.4, -0.2) is 37.7 Å². The number of piperidine rings is 1. The van der Waals surface area contributed by atoms with Crippen molar-refractivity contribution in [2.45, 2.75) is 39.5 Å². The van der Waals surface area contributed by atoms with Gasteiger partial charge in [0.05, 0.1) is 0 Å². The molecule has 1 fully saturated rings. The minimum atomic E-state index is -3.26. The third kappa shape index (κ3) is 5.15. The number of nitrogens with one attached hydrogen (secondary N) is 1. The van der Waals surface area contributed by atoms with Gasteiger partial charge < -0.3 is 0 Å². The molecule has 0 aromatic rings. The smallest absolute Gasteiger partial charge is 0.202 e. The van der Waals surface area contributed by atoms with E-state index in [2.05, 4.69) is 34.5 Å². The van der Waals surface area contributed by atoms with Gasteiger partial charge in [-0.1, -0.05) is 36.2 Å². The predicted octanol–water partition coefficient (Wildman–Crippen LogP) is 2.36. The molecule has 0 saturated carbocycles. The maximum atomic E-state index is 12.1. The molecule has 0 aromatic heterocycles. The Morgan fingerprint density at radius 2 is 2.00 bits per heavy atom. The summed E-state index contributed by atoms with van der Waals surface area (Å²) >= 11 is 3.41. The van der Waals surface area contributed by atoms with E-state index in [1.54, 1.807) is 4.31 Å². The zero-order valence-corrected chi connectivity index (χ0v) is 13.8. The van der Waals surface area contributed by atoms with E-state index in [9.17, 15) is 8.42 Å². The van der Waals surface area contributed by atoms with Gasteiger partial charge in [-0.3, -0.25) is 0 Å². The zero-order chi connectivity index (χ0) is 13.6. The van der Waals surface area contributed by atoms with E-state index in [0.29, 0.717) is 31.5 Å². The van der Waals surface area contributed by atoms with Crippen molar-refractivity contribution in [3.8, 4) is 0 Å². The van der Waals surface area contributed by atoms with Crippen LogP contribution in [0.4, 0.5) is 0 Å². The van der Waals surface area contributed by atoms with Gasteiger partial charge in [0.15, 0.2) is 0 Å². The summed E-state index contributed by atoms with van der Waals surface area (Å²) in [5, 5.41) is 0.925. The van der Waals surface area contributed by atoms with Crippen LogP contribution in [-0.2, 0) is 10.2 Å². The third-order valence-electron chi connectivity index (χ3n) is 3.73. The summed E-state index contributed by atoms with van der Waals surface area (Å²) in [5.41, 5.74) is 0. The fourth-order valence-corrected chi connectivity index (χ4v) is 4.11. The lowest BCUT2D eigenvalue weighted by Crippen LogP contribution is -2.45. The molecule has 1 atom stereocenters. The highest BCUT2D eigenvalue weighted by Gasteiger charge is 2.26. The molecule has 1 heterocycles. The van der Waals surface area contributed by atoms with Gasteiger partial charge in [-0.2, -0.15) is 12.7 Å². The number of nitrogens with zero attached hydrogens (tertiary/aromatic N) is 1. The lowest BCUT2D eigenvalue weighted by molar-refractivity contribution is 0.284. The molecule has 0 spiro atoms. The second-order valence-corrected chi connectivity index (χ2v) is 7.74. The van der Waals surface area contributed by atoms with Crippen LogP contribution in [0.2, 0.25) is 0 Å². The largest absolute Gasteiger partial charge is 0.279 e. The Labute approximate surface area is 120 Å². The number of hydrogen-bond donors (Lipinski definition) is 1. The molecule has 0 radical (unpaired) electrons. The van der Waals surface area contributed by atoms with Crippen LogP contribution in [0.25, 0.3) is 0 Å². The molecule has 0 bridgehead atoms. The molecule has 1 rings (SSSR count). The predicted molar refractivity (Wildman–Crippen MR) is 79.1 cm³/mol. The molecule has 1 aliphatic rings. The molecule has 6 heteroatoms. The molecule has 0 amide bonds. The van der Waals surface area contributed by atoms with Gasteiger partial charge in [0.2, 0.25) is 0 Å². The van der Waals surface area contributed by atoms with Crippen LogP contribution < -0.4 is 4.72 Å². The number of alkyl halides is 1. The van der Waals surface area contributed by atoms with Gasteiger partial charge in [0, 0.05) is 25.0 Å². The van der Waals surface area contributed by atoms with Crippen LogP contribution in [0.15, 0.2) is 0 Å². The molecule has 1 unspecified atom stereocenters. The first-order valence-corrected chi connectivity index (χ1v) is 9.36. The Hall–Kier alpha value is 0.350. The topological polar surface area (TPSA) is 49.4 Å². The Morgan fingerprint density at radius 3 is 2.50 bits per heavy atom. The van der Waals surface area contributed by atoms with Crippen LogP contribution in [0, 0.1) is 11.8 Å². The van der Waals surface area contributed by atoms with Crippen molar-refractivity contribution in [2.75, 3.05) is 25.0 Å². The Kier molecular flexibility index (Phi) is 7.13. The van der Waals surface area contributed by atoms with Crippen molar-refractivity contribution >= 4 is 26.1 Å². The van der Waals surface area contributed by atoms with Crippen molar-refractivity contribution in [3.63, 3.8) is 0 Å². The van der Waals surface area contributed by atoms with Crippen LogP contribution in [0.3, 0.4) is 0 Å². The minimum absolute atomic E-state index is 0.419. The second-order valence-electron chi connectivity index (χ2n) is 5.19. The Bertz CT molecular complexity index is 327. The summed E-state index contributed by atoms with van der Waals surface area (Å²) in [6.45, 7) is 6.15. The highest BCUT2D eigenvalue weighted by molar-refractivity contribution is 9.09. The van der Waals surface area contributed by atoms with Gasteiger partial charge in [0.25, 0.3) is 10.2 Å². The van der Waals surface area contributed by atoms with E-state index in [1.807, 2.05) is 0 Å². The highest BCUT2D eigenvalue weighted by Crippen LogP contribution is 2.18. The van der Waals surface area contributed by atoms with Gasteiger partial charge in [-0.25, -0.2) is 4.72 Å². The molecule has 18 heavy (non-hydrogen) atoms. The van der Waals surface area contributed by atoms with Gasteiger partial charge in [-0.05, 0) is 31.1 Å². The highest BCUT2D eigenvalue weighted by atomic mass is 79.9. The van der Waals surface area contributed by atoms with Crippen molar-refractivity contribution in [1.29, 1.82) is 0 Å². The molecule has 1 N–H and O–H groups in total. The second kappa shape index (κ2) is 7.82. The molecular formula is C12H25BrN2O2S. The summed E-state index contributed by atoms with van der Waals surface area (Å²) in [6.07, 6.45) is 3.96. The van der Waals surface area contributed by atoms with Crippen molar-refractivity contribution < 1.29 is 8.42 Å². The molecule has 0 aromatic carbocycles. The van der Waals surface area contributed by atoms with E-state index in [1.165, 1.54) is 0 Å². The number of rotatable bonds is 7. The first kappa shape index (κ1) is 16.4. The quantitative estimate of drug-likeness (QED) is 0.723. The van der Waals surface area contributed by atoms with Crippen LogP contribution in [0.5, 0.6) is 0 Å². The van der Waals surface area contributed by atoms with E-state index in [4.69, 9.17) is 0 Å². The van der Waals surface area contributed by atoms with E-state index < -0.39 is 10.2 Å². The van der Waals surface area contributed by atoms with Crippen LogP contribution >= 0.6 is 15.9 Å².